The highest BCUT2D eigenvalue weighted by atomic mass is 16.3. The summed E-state index contributed by atoms with van der Waals surface area (Å²) in [4.78, 5) is 11.0. The van der Waals surface area contributed by atoms with Crippen molar-refractivity contribution in [2.75, 3.05) is 6.54 Å². The van der Waals surface area contributed by atoms with Gasteiger partial charge >= 0.3 is 6.03 Å². The first-order chi connectivity index (χ1) is 5.70. The van der Waals surface area contributed by atoms with Gasteiger partial charge in [0.2, 0.25) is 0 Å². The van der Waals surface area contributed by atoms with Gasteiger partial charge < -0.3 is 10.4 Å². The monoisotopic (exact) mass is 170 g/mol. The molecule has 0 spiro atoms. The van der Waals surface area contributed by atoms with Gasteiger partial charge in [-0.15, -0.1) is 5.10 Å². The van der Waals surface area contributed by atoms with Crippen LogP contribution >= 0.6 is 0 Å². The van der Waals surface area contributed by atoms with Crippen molar-refractivity contribution in [2.24, 2.45) is 0 Å². The molecule has 1 heterocycles. The van der Waals surface area contributed by atoms with E-state index in [1.165, 1.54) is 12.4 Å². The first kappa shape index (κ1) is 8.66. The molecule has 6 nitrogen and oxygen atoms in total. The van der Waals surface area contributed by atoms with Crippen LogP contribution in [0.5, 0.6) is 0 Å². The zero-order valence-electron chi connectivity index (χ0n) is 6.64. The highest BCUT2D eigenvalue weighted by molar-refractivity contribution is 5.75. The third kappa shape index (κ3) is 2.31. The molecule has 1 atom stereocenters. The summed E-state index contributed by atoms with van der Waals surface area (Å²) in [5.41, 5.74) is 0. The van der Waals surface area contributed by atoms with Crippen molar-refractivity contribution in [3.63, 3.8) is 0 Å². The maximum absolute atomic E-state index is 11.0. The molecule has 66 valence electrons. The Balaban J connectivity index is 2.40. The molecule has 12 heavy (non-hydrogen) atoms. The maximum atomic E-state index is 11.0. The lowest BCUT2D eigenvalue weighted by atomic mass is 10.4. The molecule has 1 amide bonds. The molecular formula is C6H10N4O2. The molecule has 1 aromatic heterocycles. The standard InChI is InChI=1S/C6H10N4O2/c1-5(11)4-7-6(12)10-3-2-8-9-10/h2-3,5,11H,4H2,1H3,(H,7,12). The number of hydrogen-bond acceptors (Lipinski definition) is 4. The molecule has 0 saturated heterocycles. The highest BCUT2D eigenvalue weighted by Gasteiger charge is 2.04. The molecule has 0 aliphatic rings. The Morgan fingerprint density at radius 1 is 1.83 bits per heavy atom. The largest absolute Gasteiger partial charge is 0.392 e. The van der Waals surface area contributed by atoms with Crippen LogP contribution in [0.15, 0.2) is 12.4 Å². The van der Waals surface area contributed by atoms with E-state index in [0.29, 0.717) is 0 Å². The number of amides is 1. The number of hydrogen-bond donors (Lipinski definition) is 2. The Morgan fingerprint density at radius 2 is 2.58 bits per heavy atom. The molecule has 0 bridgehead atoms. The van der Waals surface area contributed by atoms with E-state index in [2.05, 4.69) is 15.6 Å². The zero-order valence-corrected chi connectivity index (χ0v) is 6.64. The summed E-state index contributed by atoms with van der Waals surface area (Å²) in [6, 6.07) is -0.395. The summed E-state index contributed by atoms with van der Waals surface area (Å²) < 4.78 is 1.06. The number of carbonyl (C=O) groups excluding carboxylic acids is 1. The molecule has 0 fully saturated rings. The quantitative estimate of drug-likeness (QED) is 0.610. The number of rotatable bonds is 2. The van der Waals surface area contributed by atoms with Crippen LogP contribution in [0, 0.1) is 0 Å². The van der Waals surface area contributed by atoms with Crippen molar-refractivity contribution >= 4 is 6.03 Å². The summed E-state index contributed by atoms with van der Waals surface area (Å²) in [5, 5.41) is 18.2. The molecule has 1 unspecified atom stereocenters. The van der Waals surface area contributed by atoms with Crippen molar-refractivity contribution in [1.82, 2.24) is 20.3 Å². The number of aliphatic hydroxyl groups excluding tert-OH is 1. The van der Waals surface area contributed by atoms with Crippen LogP contribution in [0.1, 0.15) is 6.92 Å². The molecule has 1 rings (SSSR count). The number of nitrogens with one attached hydrogen (secondary N) is 1. The lowest BCUT2D eigenvalue weighted by Crippen LogP contribution is -2.34. The maximum Gasteiger partial charge on any atom is 0.343 e. The van der Waals surface area contributed by atoms with Crippen LogP contribution in [-0.2, 0) is 0 Å². The predicted octanol–water partition coefficient (Wildman–Crippen LogP) is -0.783. The Labute approximate surface area is 69.2 Å². The van der Waals surface area contributed by atoms with Crippen molar-refractivity contribution in [3.8, 4) is 0 Å². The van der Waals surface area contributed by atoms with Crippen LogP contribution in [-0.4, -0.2) is 38.8 Å². The lowest BCUT2D eigenvalue weighted by molar-refractivity contribution is 0.187. The van der Waals surface area contributed by atoms with Crippen LogP contribution in [0.4, 0.5) is 4.79 Å². The second kappa shape index (κ2) is 3.82. The van der Waals surface area contributed by atoms with Gasteiger partial charge in [-0.3, -0.25) is 0 Å². The van der Waals surface area contributed by atoms with E-state index in [9.17, 15) is 4.79 Å². The fourth-order valence-electron chi connectivity index (χ4n) is 0.633. The summed E-state index contributed by atoms with van der Waals surface area (Å²) in [7, 11) is 0. The predicted molar refractivity (Wildman–Crippen MR) is 40.5 cm³/mol. The van der Waals surface area contributed by atoms with Gasteiger partial charge in [0, 0.05) is 6.54 Å². The summed E-state index contributed by atoms with van der Waals surface area (Å²) in [6.07, 6.45) is 2.27. The minimum atomic E-state index is -0.558. The van der Waals surface area contributed by atoms with E-state index in [4.69, 9.17) is 5.11 Å². The van der Waals surface area contributed by atoms with E-state index in [1.54, 1.807) is 6.92 Å². The average Bonchev–Trinajstić information content (AvgIpc) is 2.51. The third-order valence-electron chi connectivity index (χ3n) is 1.18. The molecule has 1 aromatic rings. The molecule has 0 aliphatic heterocycles. The first-order valence-electron chi connectivity index (χ1n) is 3.52. The van der Waals surface area contributed by atoms with Crippen LogP contribution in [0.3, 0.4) is 0 Å². The number of aliphatic hydroxyl groups is 1. The minimum Gasteiger partial charge on any atom is -0.392 e. The molecule has 0 aliphatic carbocycles. The van der Waals surface area contributed by atoms with Crippen molar-refractivity contribution in [3.05, 3.63) is 12.4 Å². The van der Waals surface area contributed by atoms with Gasteiger partial charge in [-0.1, -0.05) is 5.21 Å². The van der Waals surface area contributed by atoms with Gasteiger partial charge in [0.05, 0.1) is 18.5 Å². The minimum absolute atomic E-state index is 0.207. The van der Waals surface area contributed by atoms with E-state index < -0.39 is 12.1 Å². The third-order valence-corrected chi connectivity index (χ3v) is 1.18. The molecule has 2 N–H and O–H groups in total. The van der Waals surface area contributed by atoms with Gasteiger partial charge in [-0.25, -0.2) is 4.79 Å². The van der Waals surface area contributed by atoms with E-state index in [-0.39, 0.29) is 6.54 Å². The SMILES string of the molecule is CC(O)CNC(=O)n1ccnn1. The Bertz CT molecular complexity index is 244. The fourth-order valence-corrected chi connectivity index (χ4v) is 0.633. The molecule has 0 aromatic carbocycles. The van der Waals surface area contributed by atoms with Crippen molar-refractivity contribution in [1.29, 1.82) is 0 Å². The lowest BCUT2D eigenvalue weighted by Gasteiger charge is -2.05. The van der Waals surface area contributed by atoms with Crippen molar-refractivity contribution < 1.29 is 9.90 Å². The number of carbonyl (C=O) groups is 1. The van der Waals surface area contributed by atoms with Gasteiger partial charge in [-0.05, 0) is 6.92 Å². The fraction of sp³-hybridized carbons (Fsp3) is 0.500. The second-order valence-electron chi connectivity index (χ2n) is 2.38. The van der Waals surface area contributed by atoms with Gasteiger partial charge in [0.15, 0.2) is 0 Å². The summed E-state index contributed by atoms with van der Waals surface area (Å²) >= 11 is 0. The van der Waals surface area contributed by atoms with E-state index in [1.807, 2.05) is 0 Å². The molecule has 6 heteroatoms. The molecular weight excluding hydrogens is 160 g/mol. The van der Waals surface area contributed by atoms with Crippen LogP contribution in [0.25, 0.3) is 0 Å². The van der Waals surface area contributed by atoms with E-state index >= 15 is 0 Å². The van der Waals surface area contributed by atoms with Crippen LogP contribution in [0.2, 0.25) is 0 Å². The molecule has 0 saturated carbocycles. The normalized spacial score (nSPS) is 12.5. The average molecular weight is 170 g/mol. The van der Waals surface area contributed by atoms with Crippen molar-refractivity contribution in [2.45, 2.75) is 13.0 Å². The molecule has 0 radical (unpaired) electrons. The zero-order chi connectivity index (χ0) is 8.97. The Morgan fingerprint density at radius 3 is 3.08 bits per heavy atom. The van der Waals surface area contributed by atoms with Gasteiger partial charge in [0.25, 0.3) is 0 Å². The van der Waals surface area contributed by atoms with Crippen LogP contribution < -0.4 is 5.32 Å². The summed E-state index contributed by atoms with van der Waals surface area (Å²) in [5.74, 6) is 0. The van der Waals surface area contributed by atoms with Gasteiger partial charge in [0.1, 0.15) is 0 Å². The Kier molecular flexibility index (Phi) is 2.76. The van der Waals surface area contributed by atoms with Gasteiger partial charge in [-0.2, -0.15) is 4.68 Å². The first-order valence-corrected chi connectivity index (χ1v) is 3.52. The smallest absolute Gasteiger partial charge is 0.343 e. The van der Waals surface area contributed by atoms with E-state index in [0.717, 1.165) is 4.68 Å². The Hall–Kier alpha value is -1.43. The number of aromatic nitrogens is 3. The topological polar surface area (TPSA) is 80.0 Å². The summed E-state index contributed by atoms with van der Waals surface area (Å²) in [6.45, 7) is 1.79. The highest BCUT2D eigenvalue weighted by Crippen LogP contribution is 1.81. The number of nitrogens with zero attached hydrogens (tertiary/aromatic N) is 3. The second-order valence-corrected chi connectivity index (χ2v) is 2.38.